The Bertz CT molecular complexity index is 584. The summed E-state index contributed by atoms with van der Waals surface area (Å²) in [7, 11) is 0. The van der Waals surface area contributed by atoms with Crippen molar-refractivity contribution in [1.29, 1.82) is 0 Å². The summed E-state index contributed by atoms with van der Waals surface area (Å²) >= 11 is 0. The number of hydrogen-bond acceptors (Lipinski definition) is 4. The van der Waals surface area contributed by atoms with Crippen LogP contribution in [0, 0.1) is 0 Å². The van der Waals surface area contributed by atoms with Gasteiger partial charge in [0.1, 0.15) is 12.1 Å². The molecule has 2 aliphatic rings. The summed E-state index contributed by atoms with van der Waals surface area (Å²) in [6, 6.07) is 9.79. The third-order valence-corrected chi connectivity index (χ3v) is 4.27. The third-order valence-electron chi connectivity index (χ3n) is 4.27. The maximum Gasteiger partial charge on any atom is 0.196 e. The van der Waals surface area contributed by atoms with Crippen LogP contribution in [0.15, 0.2) is 45.7 Å². The van der Waals surface area contributed by atoms with Gasteiger partial charge in [-0.05, 0) is 25.7 Å². The van der Waals surface area contributed by atoms with E-state index in [-0.39, 0.29) is 0 Å². The zero-order chi connectivity index (χ0) is 15.9. The van der Waals surface area contributed by atoms with Crippen LogP contribution in [0.5, 0.6) is 0 Å². The summed E-state index contributed by atoms with van der Waals surface area (Å²) in [6.07, 6.45) is 6.42. The van der Waals surface area contributed by atoms with Crippen molar-refractivity contribution in [3.05, 3.63) is 35.9 Å². The highest BCUT2D eigenvalue weighted by atomic mass is 16.4. The molecule has 0 aromatic heterocycles. The first-order valence-corrected chi connectivity index (χ1v) is 8.26. The quantitative estimate of drug-likeness (QED) is 0.402. The molecule has 0 bridgehead atoms. The van der Waals surface area contributed by atoms with E-state index in [1.165, 1.54) is 12.8 Å². The monoisotopic (exact) mass is 313 g/mol. The van der Waals surface area contributed by atoms with Gasteiger partial charge < -0.3 is 15.0 Å². The van der Waals surface area contributed by atoms with Gasteiger partial charge in [-0.3, -0.25) is 0 Å². The van der Waals surface area contributed by atoms with Crippen molar-refractivity contribution < 1.29 is 5.21 Å². The first-order chi connectivity index (χ1) is 11.4. The average molecular weight is 313 g/mol. The van der Waals surface area contributed by atoms with Crippen molar-refractivity contribution in [2.75, 3.05) is 26.2 Å². The Hall–Kier alpha value is -2.37. The van der Waals surface area contributed by atoms with E-state index >= 15 is 0 Å². The maximum atomic E-state index is 9.53. The van der Waals surface area contributed by atoms with Gasteiger partial charge in [-0.2, -0.15) is 0 Å². The van der Waals surface area contributed by atoms with E-state index < -0.39 is 0 Å². The van der Waals surface area contributed by atoms with Crippen LogP contribution in [0.4, 0.5) is 0 Å². The number of oxime groups is 1. The number of hydrogen-bond donors (Lipinski definition) is 1. The lowest BCUT2D eigenvalue weighted by molar-refractivity contribution is 0.308. The minimum Gasteiger partial charge on any atom is -0.409 e. The predicted molar refractivity (Wildman–Crippen MR) is 92.3 cm³/mol. The molecule has 6 nitrogen and oxygen atoms in total. The van der Waals surface area contributed by atoms with Crippen LogP contribution in [0.1, 0.15) is 31.2 Å². The van der Waals surface area contributed by atoms with Crippen LogP contribution in [-0.4, -0.2) is 59.1 Å². The van der Waals surface area contributed by atoms with E-state index in [2.05, 4.69) is 25.2 Å². The van der Waals surface area contributed by atoms with E-state index in [9.17, 15) is 5.21 Å². The van der Waals surface area contributed by atoms with E-state index in [4.69, 9.17) is 0 Å². The van der Waals surface area contributed by atoms with Crippen molar-refractivity contribution in [1.82, 2.24) is 9.80 Å². The number of likely N-dealkylation sites (tertiary alicyclic amines) is 2. The molecule has 0 radical (unpaired) electrons. The second kappa shape index (κ2) is 7.76. The minimum atomic E-state index is 0.507. The van der Waals surface area contributed by atoms with Crippen molar-refractivity contribution in [3.8, 4) is 0 Å². The lowest BCUT2D eigenvalue weighted by Crippen LogP contribution is -2.35. The first kappa shape index (κ1) is 15.5. The first-order valence-electron chi connectivity index (χ1n) is 8.26. The Morgan fingerprint density at radius 3 is 2.26 bits per heavy atom. The topological polar surface area (TPSA) is 63.8 Å². The lowest BCUT2D eigenvalue weighted by atomic mass is 10.1. The molecule has 1 aromatic carbocycles. The largest absolute Gasteiger partial charge is 0.409 e. The molecule has 0 aliphatic carbocycles. The molecule has 2 fully saturated rings. The van der Waals surface area contributed by atoms with Crippen molar-refractivity contribution in [3.63, 3.8) is 0 Å². The predicted octanol–water partition coefficient (Wildman–Crippen LogP) is 2.40. The molecule has 6 heteroatoms. The summed E-state index contributed by atoms with van der Waals surface area (Å²) < 4.78 is 0. The van der Waals surface area contributed by atoms with Gasteiger partial charge in [-0.25, -0.2) is 0 Å². The Kier molecular flexibility index (Phi) is 5.24. The van der Waals surface area contributed by atoms with Crippen LogP contribution in [0.25, 0.3) is 0 Å². The zero-order valence-electron chi connectivity index (χ0n) is 13.3. The number of amidine groups is 1. The molecule has 0 saturated carbocycles. The number of benzene rings is 1. The van der Waals surface area contributed by atoms with Crippen molar-refractivity contribution in [2.45, 2.75) is 25.7 Å². The Morgan fingerprint density at radius 1 is 0.957 bits per heavy atom. The SMILES string of the molecule is O\N=C(/C(=N/N=C/N1CCCC1)c1ccccc1)N1CCCC1. The van der Waals surface area contributed by atoms with Gasteiger partial charge in [0.05, 0.1) is 0 Å². The molecular weight excluding hydrogens is 290 g/mol. The molecule has 2 saturated heterocycles. The summed E-state index contributed by atoms with van der Waals surface area (Å²) in [5, 5.41) is 21.7. The summed E-state index contributed by atoms with van der Waals surface area (Å²) in [4.78, 5) is 4.23. The van der Waals surface area contributed by atoms with E-state index in [0.29, 0.717) is 11.5 Å². The average Bonchev–Trinajstić information content (AvgIpc) is 3.29. The van der Waals surface area contributed by atoms with E-state index in [1.807, 2.05) is 30.3 Å². The van der Waals surface area contributed by atoms with Gasteiger partial charge >= 0.3 is 0 Å². The standard InChI is InChI=1S/C17H23N5O/c23-20-17(22-12-6-7-13-22)16(15-8-2-1-3-9-15)19-18-14-21-10-4-5-11-21/h1-3,8-9,14,23H,4-7,10-13H2/b18-14+,19-16+,20-17+. The summed E-state index contributed by atoms with van der Waals surface area (Å²) in [5.74, 6) is 0.507. The van der Waals surface area contributed by atoms with Gasteiger partial charge in [0.15, 0.2) is 5.84 Å². The van der Waals surface area contributed by atoms with Crippen molar-refractivity contribution >= 4 is 17.9 Å². The fraction of sp³-hybridized carbons (Fsp3) is 0.471. The highest BCUT2D eigenvalue weighted by Gasteiger charge is 2.23. The number of nitrogens with zero attached hydrogens (tertiary/aromatic N) is 5. The van der Waals surface area contributed by atoms with Crippen LogP contribution in [-0.2, 0) is 0 Å². The third kappa shape index (κ3) is 3.88. The summed E-state index contributed by atoms with van der Waals surface area (Å²) in [5.41, 5.74) is 1.52. The fourth-order valence-electron chi connectivity index (χ4n) is 3.03. The van der Waals surface area contributed by atoms with Gasteiger partial charge in [0.2, 0.25) is 0 Å². The second-order valence-corrected chi connectivity index (χ2v) is 5.91. The van der Waals surface area contributed by atoms with Gasteiger partial charge in [0.25, 0.3) is 0 Å². The highest BCUT2D eigenvalue weighted by Crippen LogP contribution is 2.13. The maximum absolute atomic E-state index is 9.53. The molecule has 0 spiro atoms. The molecular formula is C17H23N5O. The summed E-state index contributed by atoms with van der Waals surface area (Å²) in [6.45, 7) is 3.85. The number of rotatable bonds is 4. The van der Waals surface area contributed by atoms with Crippen LogP contribution in [0.2, 0.25) is 0 Å². The molecule has 2 aliphatic heterocycles. The normalized spacial score (nSPS) is 20.0. The van der Waals surface area contributed by atoms with Crippen LogP contribution >= 0.6 is 0 Å². The fourth-order valence-corrected chi connectivity index (χ4v) is 3.03. The molecule has 0 atom stereocenters. The molecule has 0 unspecified atom stereocenters. The Labute approximate surface area is 136 Å². The van der Waals surface area contributed by atoms with Crippen LogP contribution in [0.3, 0.4) is 0 Å². The van der Waals surface area contributed by atoms with Crippen molar-refractivity contribution in [2.24, 2.45) is 15.4 Å². The zero-order valence-corrected chi connectivity index (χ0v) is 13.3. The molecule has 0 amide bonds. The smallest absolute Gasteiger partial charge is 0.196 e. The molecule has 2 heterocycles. The highest BCUT2D eigenvalue weighted by molar-refractivity contribution is 6.47. The molecule has 23 heavy (non-hydrogen) atoms. The van der Waals surface area contributed by atoms with Gasteiger partial charge in [0, 0.05) is 31.7 Å². The Balaban J connectivity index is 1.86. The molecule has 1 aromatic rings. The van der Waals surface area contributed by atoms with Gasteiger partial charge in [-0.15, -0.1) is 10.2 Å². The second-order valence-electron chi connectivity index (χ2n) is 5.91. The minimum absolute atomic E-state index is 0.507. The van der Waals surface area contributed by atoms with E-state index in [0.717, 1.165) is 44.6 Å². The van der Waals surface area contributed by atoms with Crippen LogP contribution < -0.4 is 0 Å². The Morgan fingerprint density at radius 2 is 1.61 bits per heavy atom. The molecule has 1 N–H and O–H groups in total. The van der Waals surface area contributed by atoms with E-state index in [1.54, 1.807) is 6.34 Å². The lowest BCUT2D eigenvalue weighted by Gasteiger charge is -2.19. The van der Waals surface area contributed by atoms with Gasteiger partial charge in [-0.1, -0.05) is 35.5 Å². The molecule has 122 valence electrons. The molecule has 3 rings (SSSR count).